The normalized spacial score (nSPS) is 11.6. The third-order valence-electron chi connectivity index (χ3n) is 4.73. The number of benzene rings is 3. The molecule has 1 unspecified atom stereocenters. The Balaban J connectivity index is 1.85. The fraction of sp³-hybridized carbons (Fsp3) is 0.167. The minimum Gasteiger partial charge on any atom is -0.350 e. The Morgan fingerprint density at radius 3 is 1.90 bits per heavy atom. The van der Waals surface area contributed by atoms with E-state index in [1.54, 1.807) is 29.2 Å². The molecule has 154 valence electrons. The number of carbonyl (C=O) groups is 2. The largest absolute Gasteiger partial charge is 0.350 e. The first-order valence-corrected chi connectivity index (χ1v) is 10.3. The Morgan fingerprint density at radius 2 is 1.37 bits per heavy atom. The van der Waals surface area contributed by atoms with Crippen molar-refractivity contribution in [2.45, 2.75) is 26.1 Å². The first-order chi connectivity index (χ1) is 14.4. The molecule has 1 atom stereocenters. The average molecular weight is 441 g/mol. The number of halogens is 2. The highest BCUT2D eigenvalue weighted by molar-refractivity contribution is 6.30. The molecular formula is C24H22Cl2N2O2. The highest BCUT2D eigenvalue weighted by atomic mass is 35.5. The topological polar surface area (TPSA) is 49.4 Å². The van der Waals surface area contributed by atoms with Crippen LogP contribution >= 0.6 is 23.2 Å². The van der Waals surface area contributed by atoms with E-state index < -0.39 is 6.04 Å². The van der Waals surface area contributed by atoms with E-state index in [9.17, 15) is 9.59 Å². The lowest BCUT2D eigenvalue weighted by atomic mass is 10.0. The van der Waals surface area contributed by atoms with Gasteiger partial charge in [0.2, 0.25) is 11.8 Å². The molecule has 1 N–H and O–H groups in total. The summed E-state index contributed by atoms with van der Waals surface area (Å²) in [6.07, 6.45) is 0. The standard InChI is InChI=1S/C24H22Cl2N2O2/c1-17(29)28(16-19-9-13-22(26)14-10-19)23(20-5-3-2-4-6-20)24(30)27-15-18-7-11-21(25)12-8-18/h2-14,23H,15-16H2,1H3,(H,27,30). The third-order valence-corrected chi connectivity index (χ3v) is 5.23. The molecule has 0 saturated carbocycles. The summed E-state index contributed by atoms with van der Waals surface area (Å²) in [4.78, 5) is 27.3. The summed E-state index contributed by atoms with van der Waals surface area (Å²) in [5, 5.41) is 4.21. The van der Waals surface area contributed by atoms with E-state index in [-0.39, 0.29) is 11.8 Å². The van der Waals surface area contributed by atoms with Gasteiger partial charge in [0.05, 0.1) is 0 Å². The Morgan fingerprint density at radius 1 is 0.833 bits per heavy atom. The Hall–Kier alpha value is -2.82. The molecule has 0 saturated heterocycles. The quantitative estimate of drug-likeness (QED) is 0.534. The van der Waals surface area contributed by atoms with Crippen LogP contribution in [0.2, 0.25) is 10.0 Å². The summed E-state index contributed by atoms with van der Waals surface area (Å²) in [5.41, 5.74) is 2.56. The number of hydrogen-bond acceptors (Lipinski definition) is 2. The van der Waals surface area contributed by atoms with E-state index in [0.29, 0.717) is 23.1 Å². The molecule has 0 heterocycles. The van der Waals surface area contributed by atoms with Crippen molar-refractivity contribution in [2.75, 3.05) is 0 Å². The third kappa shape index (κ3) is 5.85. The molecule has 0 fully saturated rings. The molecule has 3 rings (SSSR count). The van der Waals surface area contributed by atoms with Crippen molar-refractivity contribution in [2.24, 2.45) is 0 Å². The van der Waals surface area contributed by atoms with Crippen molar-refractivity contribution >= 4 is 35.0 Å². The molecule has 3 aromatic carbocycles. The molecule has 30 heavy (non-hydrogen) atoms. The van der Waals surface area contributed by atoms with Gasteiger partial charge in [0, 0.05) is 30.1 Å². The highest BCUT2D eigenvalue weighted by Gasteiger charge is 2.29. The lowest BCUT2D eigenvalue weighted by Crippen LogP contribution is -2.42. The second kappa shape index (κ2) is 10.3. The monoisotopic (exact) mass is 440 g/mol. The van der Waals surface area contributed by atoms with Crippen LogP contribution in [-0.2, 0) is 22.7 Å². The van der Waals surface area contributed by atoms with Gasteiger partial charge in [-0.25, -0.2) is 0 Å². The molecule has 0 aliphatic heterocycles. The molecule has 0 spiro atoms. The van der Waals surface area contributed by atoms with E-state index in [0.717, 1.165) is 16.7 Å². The Kier molecular flexibility index (Phi) is 7.50. The lowest BCUT2D eigenvalue weighted by Gasteiger charge is -2.30. The SMILES string of the molecule is CC(=O)N(Cc1ccc(Cl)cc1)C(C(=O)NCc1ccc(Cl)cc1)c1ccccc1. The van der Waals surface area contributed by atoms with Gasteiger partial charge in [-0.05, 0) is 41.0 Å². The van der Waals surface area contributed by atoms with E-state index in [1.807, 2.05) is 54.6 Å². The maximum absolute atomic E-state index is 13.2. The van der Waals surface area contributed by atoms with Crippen LogP contribution in [0.25, 0.3) is 0 Å². The van der Waals surface area contributed by atoms with Crippen LogP contribution in [0, 0.1) is 0 Å². The van der Waals surface area contributed by atoms with Crippen LogP contribution in [-0.4, -0.2) is 16.7 Å². The fourth-order valence-corrected chi connectivity index (χ4v) is 3.42. The maximum atomic E-state index is 13.2. The van der Waals surface area contributed by atoms with Crippen LogP contribution in [0.3, 0.4) is 0 Å². The first kappa shape index (κ1) is 21.9. The van der Waals surface area contributed by atoms with Crippen molar-refractivity contribution in [1.29, 1.82) is 0 Å². The summed E-state index contributed by atoms with van der Waals surface area (Å²) >= 11 is 11.9. The van der Waals surface area contributed by atoms with Gasteiger partial charge >= 0.3 is 0 Å². The van der Waals surface area contributed by atoms with Crippen molar-refractivity contribution in [3.05, 3.63) is 106 Å². The fourth-order valence-electron chi connectivity index (χ4n) is 3.17. The van der Waals surface area contributed by atoms with Crippen LogP contribution in [0.5, 0.6) is 0 Å². The number of carbonyl (C=O) groups excluding carboxylic acids is 2. The van der Waals surface area contributed by atoms with Crippen LogP contribution in [0.1, 0.15) is 29.7 Å². The summed E-state index contributed by atoms with van der Waals surface area (Å²) in [6, 6.07) is 23.1. The smallest absolute Gasteiger partial charge is 0.247 e. The Bertz CT molecular complexity index is 990. The van der Waals surface area contributed by atoms with Crippen molar-refractivity contribution in [3.63, 3.8) is 0 Å². The maximum Gasteiger partial charge on any atom is 0.247 e. The lowest BCUT2D eigenvalue weighted by molar-refractivity contribution is -0.140. The van der Waals surface area contributed by atoms with Crippen molar-refractivity contribution in [3.8, 4) is 0 Å². The Labute approximate surface area is 186 Å². The van der Waals surface area contributed by atoms with E-state index >= 15 is 0 Å². The van der Waals surface area contributed by atoms with E-state index in [1.165, 1.54) is 6.92 Å². The molecule has 0 bridgehead atoms. The molecule has 6 heteroatoms. The molecule has 2 amide bonds. The van der Waals surface area contributed by atoms with Crippen LogP contribution < -0.4 is 5.32 Å². The van der Waals surface area contributed by atoms with Crippen LogP contribution in [0.15, 0.2) is 78.9 Å². The van der Waals surface area contributed by atoms with Gasteiger partial charge in [-0.1, -0.05) is 77.8 Å². The molecule has 0 aromatic heterocycles. The second-order valence-corrected chi connectivity index (χ2v) is 7.80. The van der Waals surface area contributed by atoms with Crippen LogP contribution in [0.4, 0.5) is 0 Å². The molecule has 0 radical (unpaired) electrons. The van der Waals surface area contributed by atoms with E-state index in [4.69, 9.17) is 23.2 Å². The minimum atomic E-state index is -0.758. The zero-order valence-corrected chi connectivity index (χ0v) is 18.0. The van der Waals surface area contributed by atoms with Gasteiger partial charge in [-0.3, -0.25) is 9.59 Å². The number of nitrogens with zero attached hydrogens (tertiary/aromatic N) is 1. The molecule has 0 aliphatic carbocycles. The summed E-state index contributed by atoms with van der Waals surface area (Å²) in [7, 11) is 0. The summed E-state index contributed by atoms with van der Waals surface area (Å²) < 4.78 is 0. The molecular weight excluding hydrogens is 419 g/mol. The van der Waals surface area contributed by atoms with Gasteiger partial charge in [0.25, 0.3) is 0 Å². The minimum absolute atomic E-state index is 0.194. The second-order valence-electron chi connectivity index (χ2n) is 6.93. The zero-order valence-electron chi connectivity index (χ0n) is 16.5. The van der Waals surface area contributed by atoms with Crippen molar-refractivity contribution < 1.29 is 9.59 Å². The predicted molar refractivity (Wildman–Crippen MR) is 120 cm³/mol. The highest BCUT2D eigenvalue weighted by Crippen LogP contribution is 2.24. The average Bonchev–Trinajstić information content (AvgIpc) is 2.75. The van der Waals surface area contributed by atoms with Crippen molar-refractivity contribution in [1.82, 2.24) is 10.2 Å². The number of hydrogen-bond donors (Lipinski definition) is 1. The molecule has 4 nitrogen and oxygen atoms in total. The summed E-state index contributed by atoms with van der Waals surface area (Å²) in [5.74, 6) is -0.444. The number of amides is 2. The van der Waals surface area contributed by atoms with E-state index in [2.05, 4.69) is 5.32 Å². The summed E-state index contributed by atoms with van der Waals surface area (Å²) in [6.45, 7) is 2.10. The first-order valence-electron chi connectivity index (χ1n) is 9.53. The van der Waals surface area contributed by atoms with Gasteiger partial charge in [0.15, 0.2) is 0 Å². The zero-order chi connectivity index (χ0) is 21.5. The number of nitrogens with one attached hydrogen (secondary N) is 1. The predicted octanol–water partition coefficient (Wildman–Crippen LogP) is 5.40. The number of rotatable bonds is 7. The van der Waals surface area contributed by atoms with Gasteiger partial charge in [-0.2, -0.15) is 0 Å². The molecule has 3 aromatic rings. The van der Waals surface area contributed by atoms with Gasteiger partial charge < -0.3 is 10.2 Å². The molecule has 0 aliphatic rings. The van der Waals surface area contributed by atoms with Gasteiger partial charge in [0.1, 0.15) is 6.04 Å². The van der Waals surface area contributed by atoms with Gasteiger partial charge in [-0.15, -0.1) is 0 Å².